The minimum atomic E-state index is -4.00. The Bertz CT molecular complexity index is 1220. The molecular weight excluding hydrogens is 440 g/mol. The standard InChI is InChI=1S/C21H24N2O4S3/c1-4-14-29(24,25)21-23-20(30(26,27)18-12-10-15(2)11-13-18)19(28-21)22-16(3)17-8-6-5-7-9-17/h5-13,16,22H,4,14H2,1-3H3/t16-/m1/s1. The molecule has 0 saturated heterocycles. The molecule has 0 amide bonds. The van der Waals surface area contributed by atoms with Crippen molar-refractivity contribution in [3.8, 4) is 0 Å². The van der Waals surface area contributed by atoms with Crippen molar-refractivity contribution in [1.82, 2.24) is 4.98 Å². The second-order valence-electron chi connectivity index (χ2n) is 7.03. The van der Waals surface area contributed by atoms with Crippen LogP contribution in [0.15, 0.2) is 68.9 Å². The molecule has 1 heterocycles. The number of hydrogen-bond donors (Lipinski definition) is 1. The maximum absolute atomic E-state index is 13.3. The summed E-state index contributed by atoms with van der Waals surface area (Å²) in [5.41, 5.74) is 1.87. The molecule has 0 unspecified atom stereocenters. The second-order valence-corrected chi connectivity index (χ2v) is 12.2. The topological polar surface area (TPSA) is 93.2 Å². The van der Waals surface area contributed by atoms with Gasteiger partial charge in [-0.15, -0.1) is 0 Å². The molecular formula is C21H24N2O4S3. The highest BCUT2D eigenvalue weighted by molar-refractivity contribution is 7.94. The van der Waals surface area contributed by atoms with Crippen molar-refractivity contribution in [3.63, 3.8) is 0 Å². The van der Waals surface area contributed by atoms with Gasteiger partial charge in [0, 0.05) is 6.04 Å². The van der Waals surface area contributed by atoms with Crippen LogP contribution in [0.25, 0.3) is 0 Å². The monoisotopic (exact) mass is 464 g/mol. The third-order valence-electron chi connectivity index (χ3n) is 4.55. The van der Waals surface area contributed by atoms with Gasteiger partial charge in [-0.1, -0.05) is 66.3 Å². The molecule has 0 saturated carbocycles. The lowest BCUT2D eigenvalue weighted by atomic mass is 10.1. The molecule has 6 nitrogen and oxygen atoms in total. The number of nitrogens with zero attached hydrogens (tertiary/aromatic N) is 1. The van der Waals surface area contributed by atoms with Crippen LogP contribution in [-0.4, -0.2) is 27.6 Å². The minimum Gasteiger partial charge on any atom is -0.368 e. The van der Waals surface area contributed by atoms with Gasteiger partial charge in [-0.25, -0.2) is 21.8 Å². The average molecular weight is 465 g/mol. The molecule has 30 heavy (non-hydrogen) atoms. The molecule has 1 atom stereocenters. The van der Waals surface area contributed by atoms with Crippen molar-refractivity contribution in [2.24, 2.45) is 0 Å². The van der Waals surface area contributed by atoms with Crippen molar-refractivity contribution < 1.29 is 16.8 Å². The molecule has 2 aromatic carbocycles. The number of aromatic nitrogens is 1. The smallest absolute Gasteiger partial charge is 0.226 e. The number of sulfone groups is 2. The van der Waals surface area contributed by atoms with Crippen LogP contribution >= 0.6 is 11.3 Å². The van der Waals surface area contributed by atoms with Crippen molar-refractivity contribution in [1.29, 1.82) is 0 Å². The highest BCUT2D eigenvalue weighted by atomic mass is 32.2. The summed E-state index contributed by atoms with van der Waals surface area (Å²) in [6.07, 6.45) is 0.422. The molecule has 0 radical (unpaired) electrons. The van der Waals surface area contributed by atoms with Crippen LogP contribution in [0.1, 0.15) is 37.4 Å². The second kappa shape index (κ2) is 8.87. The van der Waals surface area contributed by atoms with E-state index >= 15 is 0 Å². The Hall–Kier alpha value is -2.23. The zero-order valence-corrected chi connectivity index (χ0v) is 19.4. The van der Waals surface area contributed by atoms with E-state index in [1.54, 1.807) is 19.1 Å². The van der Waals surface area contributed by atoms with E-state index in [9.17, 15) is 16.8 Å². The summed E-state index contributed by atoms with van der Waals surface area (Å²) >= 11 is 0.865. The molecule has 0 bridgehead atoms. The van der Waals surface area contributed by atoms with Crippen LogP contribution in [0.2, 0.25) is 0 Å². The fraction of sp³-hybridized carbons (Fsp3) is 0.286. The van der Waals surface area contributed by atoms with Gasteiger partial charge in [0.2, 0.25) is 24.0 Å². The lowest BCUT2D eigenvalue weighted by Crippen LogP contribution is -2.10. The number of thiazole rings is 1. The lowest BCUT2D eigenvalue weighted by molar-refractivity contribution is 0.589. The van der Waals surface area contributed by atoms with Gasteiger partial charge in [-0.05, 0) is 38.0 Å². The van der Waals surface area contributed by atoms with Crippen LogP contribution in [0, 0.1) is 6.92 Å². The van der Waals surface area contributed by atoms with Gasteiger partial charge in [-0.3, -0.25) is 0 Å². The molecule has 3 rings (SSSR count). The molecule has 0 aliphatic heterocycles. The zero-order valence-electron chi connectivity index (χ0n) is 17.0. The first kappa shape index (κ1) is 22.5. The Morgan fingerprint density at radius 1 is 1.00 bits per heavy atom. The van der Waals surface area contributed by atoms with E-state index in [-0.39, 0.29) is 31.1 Å². The van der Waals surface area contributed by atoms with Gasteiger partial charge in [0.25, 0.3) is 0 Å². The quantitative estimate of drug-likeness (QED) is 0.522. The predicted octanol–water partition coefficient (Wildman–Crippen LogP) is 4.64. The van der Waals surface area contributed by atoms with Gasteiger partial charge < -0.3 is 5.32 Å². The molecule has 1 N–H and O–H groups in total. The predicted molar refractivity (Wildman–Crippen MR) is 120 cm³/mol. The van der Waals surface area contributed by atoms with E-state index in [4.69, 9.17) is 0 Å². The minimum absolute atomic E-state index is 0.0771. The fourth-order valence-electron chi connectivity index (χ4n) is 2.90. The third kappa shape index (κ3) is 4.74. The largest absolute Gasteiger partial charge is 0.368 e. The first-order valence-corrected chi connectivity index (χ1v) is 13.5. The molecule has 0 aliphatic rings. The first-order valence-electron chi connectivity index (χ1n) is 9.52. The molecule has 0 spiro atoms. The number of hydrogen-bond acceptors (Lipinski definition) is 7. The fourth-order valence-corrected chi connectivity index (χ4v) is 7.33. The summed E-state index contributed by atoms with van der Waals surface area (Å²) in [7, 11) is -7.65. The number of nitrogens with one attached hydrogen (secondary N) is 1. The van der Waals surface area contributed by atoms with E-state index in [0.29, 0.717) is 6.42 Å². The summed E-state index contributed by atoms with van der Waals surface area (Å²) < 4.78 is 51.6. The summed E-state index contributed by atoms with van der Waals surface area (Å²) in [6.45, 7) is 5.51. The molecule has 3 aromatic rings. The van der Waals surface area contributed by atoms with Crippen molar-refractivity contribution in [2.45, 2.75) is 47.5 Å². The Morgan fingerprint density at radius 3 is 2.23 bits per heavy atom. The average Bonchev–Trinajstić information content (AvgIpc) is 3.14. The summed E-state index contributed by atoms with van der Waals surface area (Å²) in [4.78, 5) is 4.17. The van der Waals surface area contributed by atoms with Gasteiger partial charge in [0.15, 0.2) is 5.03 Å². The number of anilines is 1. The Labute approximate surface area is 181 Å². The lowest BCUT2D eigenvalue weighted by Gasteiger charge is -2.15. The van der Waals surface area contributed by atoms with E-state index in [0.717, 1.165) is 22.5 Å². The maximum Gasteiger partial charge on any atom is 0.226 e. The maximum atomic E-state index is 13.3. The van der Waals surface area contributed by atoms with Crippen molar-refractivity contribution in [2.75, 3.05) is 11.1 Å². The number of aryl methyl sites for hydroxylation is 1. The van der Waals surface area contributed by atoms with E-state index in [2.05, 4.69) is 10.3 Å². The zero-order chi connectivity index (χ0) is 21.9. The Kier molecular flexibility index (Phi) is 6.64. The summed E-state index contributed by atoms with van der Waals surface area (Å²) in [5.74, 6) is -0.0851. The molecule has 0 fully saturated rings. The van der Waals surface area contributed by atoms with Crippen LogP contribution in [0.4, 0.5) is 5.00 Å². The van der Waals surface area contributed by atoms with Gasteiger partial charge >= 0.3 is 0 Å². The van der Waals surface area contributed by atoms with Gasteiger partial charge in [0.05, 0.1) is 10.6 Å². The molecule has 9 heteroatoms. The van der Waals surface area contributed by atoms with E-state index < -0.39 is 19.7 Å². The first-order chi connectivity index (χ1) is 14.1. The van der Waals surface area contributed by atoms with Crippen LogP contribution in [0.3, 0.4) is 0 Å². The summed E-state index contributed by atoms with van der Waals surface area (Å²) in [6, 6.07) is 15.7. The number of benzene rings is 2. The Morgan fingerprint density at radius 2 is 1.63 bits per heavy atom. The molecule has 0 aliphatic carbocycles. The SMILES string of the molecule is CCCS(=O)(=O)c1nc(S(=O)(=O)c2ccc(C)cc2)c(N[C@H](C)c2ccccc2)s1. The van der Waals surface area contributed by atoms with Gasteiger partial charge in [-0.2, -0.15) is 0 Å². The molecule has 1 aromatic heterocycles. The third-order valence-corrected chi connectivity index (χ3v) is 9.74. The summed E-state index contributed by atoms with van der Waals surface area (Å²) in [5, 5.41) is 3.13. The van der Waals surface area contributed by atoms with Crippen molar-refractivity contribution in [3.05, 3.63) is 65.7 Å². The van der Waals surface area contributed by atoms with Gasteiger partial charge in [0.1, 0.15) is 5.00 Å². The highest BCUT2D eigenvalue weighted by Gasteiger charge is 2.31. The normalized spacial score (nSPS) is 13.2. The van der Waals surface area contributed by atoms with Crippen molar-refractivity contribution >= 4 is 36.0 Å². The highest BCUT2D eigenvalue weighted by Crippen LogP contribution is 2.37. The van der Waals surface area contributed by atoms with Crippen LogP contribution in [0.5, 0.6) is 0 Å². The van der Waals surface area contributed by atoms with E-state index in [1.807, 2.05) is 44.2 Å². The van der Waals surface area contributed by atoms with Crippen LogP contribution in [-0.2, 0) is 19.7 Å². The number of rotatable bonds is 8. The molecule has 160 valence electrons. The Balaban J connectivity index is 2.10. The van der Waals surface area contributed by atoms with Crippen LogP contribution < -0.4 is 5.32 Å². The van der Waals surface area contributed by atoms with E-state index in [1.165, 1.54) is 12.1 Å².